The quantitative estimate of drug-likeness (QED) is 0.186. The Kier molecular flexibility index (Phi) is 6.70. The molecule has 3 heterocycles. The van der Waals surface area contributed by atoms with Crippen LogP contribution < -0.4 is 26.2 Å². The predicted octanol–water partition coefficient (Wildman–Crippen LogP) is 9.43. The predicted molar refractivity (Wildman–Crippen MR) is 201 cm³/mol. The largest absolute Gasteiger partial charge is 0.311 e. The van der Waals surface area contributed by atoms with Gasteiger partial charge in [-0.25, -0.2) is 0 Å². The smallest absolute Gasteiger partial charge is 0.252 e. The van der Waals surface area contributed by atoms with Crippen molar-refractivity contribution in [2.75, 3.05) is 9.80 Å². The summed E-state index contributed by atoms with van der Waals surface area (Å²) < 4.78 is 0. The molecule has 0 atom stereocenters. The van der Waals surface area contributed by atoms with Crippen molar-refractivity contribution in [3.05, 3.63) is 145 Å². The Balaban J connectivity index is 1.42. The first-order valence-corrected chi connectivity index (χ1v) is 16.7. The lowest BCUT2D eigenvalue weighted by Crippen LogP contribution is -2.61. The van der Waals surface area contributed by atoms with Gasteiger partial charge < -0.3 is 9.80 Å². The molecule has 0 fully saturated rings. The summed E-state index contributed by atoms with van der Waals surface area (Å²) in [6.45, 7) is 13.9. The summed E-state index contributed by atoms with van der Waals surface area (Å²) in [5, 5.41) is 0. The minimum absolute atomic E-state index is 0.0232. The lowest BCUT2D eigenvalue weighted by molar-refractivity contribution is 0.590. The summed E-state index contributed by atoms with van der Waals surface area (Å²) in [6, 6.07) is 47.0. The minimum atomic E-state index is 0.0232. The highest BCUT2D eigenvalue weighted by Crippen LogP contribution is 2.46. The van der Waals surface area contributed by atoms with Gasteiger partial charge in [-0.3, -0.25) is 4.98 Å². The highest BCUT2D eigenvalue weighted by molar-refractivity contribution is 7.00. The molecule has 0 bridgehead atoms. The fourth-order valence-corrected chi connectivity index (χ4v) is 7.40. The molecule has 0 spiro atoms. The molecule has 230 valence electrons. The number of para-hydroxylation sites is 2. The number of rotatable bonds is 3. The third-order valence-corrected chi connectivity index (χ3v) is 9.84. The van der Waals surface area contributed by atoms with Gasteiger partial charge in [0.05, 0.1) is 11.4 Å². The molecule has 2 aliphatic heterocycles. The van der Waals surface area contributed by atoms with Gasteiger partial charge in [0, 0.05) is 40.2 Å². The molecule has 4 heteroatoms. The van der Waals surface area contributed by atoms with Gasteiger partial charge in [-0.05, 0) is 92.9 Å². The van der Waals surface area contributed by atoms with Crippen molar-refractivity contribution in [1.82, 2.24) is 4.98 Å². The highest BCUT2D eigenvalue weighted by Gasteiger charge is 2.43. The van der Waals surface area contributed by atoms with Crippen LogP contribution in [0.1, 0.15) is 52.7 Å². The Morgan fingerprint density at radius 2 is 1.09 bits per heavy atom. The van der Waals surface area contributed by atoms with E-state index in [2.05, 4.69) is 173 Å². The zero-order valence-corrected chi connectivity index (χ0v) is 28.1. The fourth-order valence-electron chi connectivity index (χ4n) is 7.40. The first-order chi connectivity index (χ1) is 22.6. The number of anilines is 6. The number of hydrogen-bond acceptors (Lipinski definition) is 3. The van der Waals surface area contributed by atoms with E-state index in [0.717, 1.165) is 16.9 Å². The third-order valence-electron chi connectivity index (χ3n) is 9.84. The monoisotopic (exact) mass is 609 g/mol. The second-order valence-corrected chi connectivity index (χ2v) is 14.9. The van der Waals surface area contributed by atoms with Crippen LogP contribution in [-0.2, 0) is 10.8 Å². The molecule has 0 radical (unpaired) electrons. The number of benzene rings is 5. The number of fused-ring (bicyclic) bond motifs is 4. The first kappa shape index (κ1) is 29.3. The van der Waals surface area contributed by atoms with Gasteiger partial charge in [-0.15, -0.1) is 0 Å². The average molecular weight is 610 g/mol. The van der Waals surface area contributed by atoms with Gasteiger partial charge in [-0.2, -0.15) is 0 Å². The number of aromatic nitrogens is 1. The summed E-state index contributed by atoms with van der Waals surface area (Å²) in [5.74, 6) is 0. The van der Waals surface area contributed by atoms with Crippen molar-refractivity contribution in [3.8, 4) is 11.3 Å². The molecule has 2 aliphatic rings. The molecule has 5 aromatic carbocycles. The van der Waals surface area contributed by atoms with Gasteiger partial charge in [0.15, 0.2) is 0 Å². The standard InChI is InChI=1S/C43H40BN3/c1-42(2,3)29-21-24-31(25-22-29)46-38-19-13-20-39-41(38)44(34-26-23-30(28-40(34)46)43(4,5)6)33-15-8-10-18-37(33)47(39)36-17-9-7-14-32(36)35-16-11-12-27-45-35/h7-28H,1-6H3. The normalized spacial score (nSPS) is 13.6. The van der Waals surface area contributed by atoms with Crippen LogP contribution in [0.25, 0.3) is 11.3 Å². The maximum atomic E-state index is 4.78. The summed E-state index contributed by atoms with van der Waals surface area (Å²) >= 11 is 0. The Morgan fingerprint density at radius 3 is 1.79 bits per heavy atom. The third kappa shape index (κ3) is 4.77. The molecule has 1 aromatic heterocycles. The molecule has 47 heavy (non-hydrogen) atoms. The van der Waals surface area contributed by atoms with Crippen LogP contribution in [0.5, 0.6) is 0 Å². The molecular formula is C43H40BN3. The molecule has 6 aromatic rings. The lowest BCUT2D eigenvalue weighted by Gasteiger charge is -2.44. The highest BCUT2D eigenvalue weighted by atomic mass is 15.2. The average Bonchev–Trinajstić information content (AvgIpc) is 3.07. The molecule has 0 amide bonds. The molecule has 0 N–H and O–H groups in total. The SMILES string of the molecule is CC(C)(C)c1ccc(N2c3cc(C(C)(C)C)ccc3B3c4ccccc4N(c4ccccc4-c4ccccn4)c4cccc2c43)cc1. The second-order valence-electron chi connectivity index (χ2n) is 14.9. The topological polar surface area (TPSA) is 19.4 Å². The van der Waals surface area contributed by atoms with Gasteiger partial charge in [0.1, 0.15) is 0 Å². The summed E-state index contributed by atoms with van der Waals surface area (Å²) in [6.07, 6.45) is 1.88. The van der Waals surface area contributed by atoms with Crippen molar-refractivity contribution in [2.45, 2.75) is 52.4 Å². The second kappa shape index (κ2) is 10.7. The van der Waals surface area contributed by atoms with E-state index >= 15 is 0 Å². The van der Waals surface area contributed by atoms with Crippen LogP contribution in [0.3, 0.4) is 0 Å². The van der Waals surface area contributed by atoms with Crippen LogP contribution in [0, 0.1) is 0 Å². The van der Waals surface area contributed by atoms with Gasteiger partial charge in [0.25, 0.3) is 6.71 Å². The summed E-state index contributed by atoms with van der Waals surface area (Å²) in [5.41, 5.74) is 16.0. The van der Waals surface area contributed by atoms with Crippen molar-refractivity contribution in [3.63, 3.8) is 0 Å². The summed E-state index contributed by atoms with van der Waals surface area (Å²) in [7, 11) is 0. The fraction of sp³-hybridized carbons (Fsp3) is 0.186. The molecule has 0 saturated carbocycles. The Hall–Kier alpha value is -5.09. The molecule has 8 rings (SSSR count). The van der Waals surface area contributed by atoms with Gasteiger partial charge in [-0.1, -0.05) is 114 Å². The van der Waals surface area contributed by atoms with Gasteiger partial charge in [0.2, 0.25) is 0 Å². The van der Waals surface area contributed by atoms with Crippen LogP contribution in [0.4, 0.5) is 34.1 Å². The van der Waals surface area contributed by atoms with Crippen molar-refractivity contribution in [2.24, 2.45) is 0 Å². The van der Waals surface area contributed by atoms with E-state index < -0.39 is 0 Å². The van der Waals surface area contributed by atoms with E-state index in [-0.39, 0.29) is 17.5 Å². The zero-order valence-electron chi connectivity index (χ0n) is 28.1. The van der Waals surface area contributed by atoms with Crippen molar-refractivity contribution in [1.29, 1.82) is 0 Å². The maximum absolute atomic E-state index is 4.78. The summed E-state index contributed by atoms with van der Waals surface area (Å²) in [4.78, 5) is 9.74. The zero-order chi connectivity index (χ0) is 32.5. The van der Waals surface area contributed by atoms with Crippen molar-refractivity contribution >= 4 is 57.2 Å². The Bertz CT molecular complexity index is 2120. The first-order valence-electron chi connectivity index (χ1n) is 16.7. The lowest BCUT2D eigenvalue weighted by atomic mass is 9.33. The van der Waals surface area contributed by atoms with E-state index in [1.54, 1.807) is 0 Å². The van der Waals surface area contributed by atoms with E-state index in [0.29, 0.717) is 0 Å². The molecule has 3 nitrogen and oxygen atoms in total. The van der Waals surface area contributed by atoms with E-state index in [4.69, 9.17) is 4.98 Å². The van der Waals surface area contributed by atoms with E-state index in [1.165, 1.54) is 56.0 Å². The van der Waals surface area contributed by atoms with E-state index in [9.17, 15) is 0 Å². The van der Waals surface area contributed by atoms with Crippen LogP contribution in [-0.4, -0.2) is 11.7 Å². The molecular weight excluding hydrogens is 569 g/mol. The molecule has 0 saturated heterocycles. The van der Waals surface area contributed by atoms with Crippen molar-refractivity contribution < 1.29 is 0 Å². The molecule has 0 aliphatic carbocycles. The maximum Gasteiger partial charge on any atom is 0.252 e. The molecule has 0 unspecified atom stereocenters. The number of pyridine rings is 1. The Labute approximate surface area is 279 Å². The number of hydrogen-bond donors (Lipinski definition) is 0. The number of nitrogens with zero attached hydrogens (tertiary/aromatic N) is 3. The van der Waals surface area contributed by atoms with Gasteiger partial charge >= 0.3 is 0 Å². The van der Waals surface area contributed by atoms with E-state index in [1.807, 2.05) is 12.3 Å². The Morgan fingerprint density at radius 1 is 0.489 bits per heavy atom. The van der Waals surface area contributed by atoms with Crippen LogP contribution in [0.15, 0.2) is 134 Å². The van der Waals surface area contributed by atoms with Crippen LogP contribution >= 0.6 is 0 Å². The van der Waals surface area contributed by atoms with Crippen LogP contribution in [0.2, 0.25) is 0 Å². The minimum Gasteiger partial charge on any atom is -0.311 e.